The van der Waals surface area contributed by atoms with Crippen molar-refractivity contribution in [3.05, 3.63) is 23.5 Å². The van der Waals surface area contributed by atoms with E-state index in [1.807, 2.05) is 0 Å². The van der Waals surface area contributed by atoms with Crippen LogP contribution in [0.1, 0.15) is 12.8 Å². The normalized spacial score (nSPS) is 17.3. The molecule has 0 aromatic carbocycles. The molecule has 0 bridgehead atoms. The minimum Gasteiger partial charge on any atom is -0.492 e. The van der Waals surface area contributed by atoms with Gasteiger partial charge in [-0.25, -0.2) is 0 Å². The van der Waals surface area contributed by atoms with E-state index in [1.165, 1.54) is 0 Å². The Hall–Kier alpha value is -1.33. The maximum atomic E-state index is 10.8. The van der Waals surface area contributed by atoms with Gasteiger partial charge in [-0.3, -0.25) is 14.7 Å². The molecule has 19 heavy (non-hydrogen) atoms. The molecule has 0 atom stereocenters. The summed E-state index contributed by atoms with van der Waals surface area (Å²) in [5.74, 6) is 0.905. The predicted molar refractivity (Wildman–Crippen MR) is 73.1 cm³/mol. The molecule has 1 aliphatic rings. The summed E-state index contributed by atoms with van der Waals surface area (Å²) in [6.07, 6.45) is 5.26. The van der Waals surface area contributed by atoms with Gasteiger partial charge in [-0.2, -0.15) is 0 Å². The van der Waals surface area contributed by atoms with E-state index < -0.39 is 0 Å². The summed E-state index contributed by atoms with van der Waals surface area (Å²) in [6, 6.07) is 1.77. The molecule has 1 saturated heterocycles. The average molecular weight is 284 g/mol. The number of hydrogen-bond donors (Lipinski definition) is 1. The van der Waals surface area contributed by atoms with E-state index in [-0.39, 0.29) is 5.91 Å². The van der Waals surface area contributed by atoms with E-state index in [2.05, 4.69) is 9.88 Å². The summed E-state index contributed by atoms with van der Waals surface area (Å²) in [5.41, 5.74) is 5.18. The molecule has 2 rings (SSSR count). The third-order valence-electron chi connectivity index (χ3n) is 3.30. The van der Waals surface area contributed by atoms with Gasteiger partial charge in [-0.15, -0.1) is 0 Å². The van der Waals surface area contributed by atoms with Gasteiger partial charge in [0.15, 0.2) is 0 Å². The van der Waals surface area contributed by atoms with Crippen LogP contribution in [0.5, 0.6) is 5.75 Å². The largest absolute Gasteiger partial charge is 0.492 e. The molecule has 1 fully saturated rings. The zero-order chi connectivity index (χ0) is 13.7. The van der Waals surface area contributed by atoms with Gasteiger partial charge in [0.05, 0.1) is 13.2 Å². The Morgan fingerprint density at radius 3 is 2.89 bits per heavy atom. The zero-order valence-corrected chi connectivity index (χ0v) is 11.5. The minimum absolute atomic E-state index is 0.265. The summed E-state index contributed by atoms with van der Waals surface area (Å²) >= 11 is 5.98. The zero-order valence-electron chi connectivity index (χ0n) is 10.7. The number of ether oxygens (including phenoxy) is 1. The summed E-state index contributed by atoms with van der Waals surface area (Å²) in [5, 5.41) is 0.536. The van der Waals surface area contributed by atoms with Crippen LogP contribution in [0, 0.1) is 5.92 Å². The lowest BCUT2D eigenvalue weighted by atomic mass is 9.98. The van der Waals surface area contributed by atoms with Crippen molar-refractivity contribution in [2.45, 2.75) is 12.8 Å². The number of rotatable bonds is 5. The third kappa shape index (κ3) is 4.36. The molecule has 1 amide bonds. The van der Waals surface area contributed by atoms with E-state index in [9.17, 15) is 4.79 Å². The number of pyridine rings is 1. The molecule has 0 saturated carbocycles. The Morgan fingerprint density at radius 1 is 1.53 bits per heavy atom. The summed E-state index contributed by atoms with van der Waals surface area (Å²) in [6.45, 7) is 2.78. The smallest absolute Gasteiger partial charge is 0.231 e. The monoisotopic (exact) mass is 283 g/mol. The first kappa shape index (κ1) is 14.1. The van der Waals surface area contributed by atoms with Crippen molar-refractivity contribution in [1.29, 1.82) is 0 Å². The highest BCUT2D eigenvalue weighted by atomic mass is 35.5. The molecule has 1 aromatic rings. The van der Waals surface area contributed by atoms with Crippen molar-refractivity contribution in [3.8, 4) is 5.75 Å². The van der Waals surface area contributed by atoms with Gasteiger partial charge in [0.25, 0.3) is 0 Å². The van der Waals surface area contributed by atoms with Crippen molar-refractivity contribution >= 4 is 17.5 Å². The Balaban J connectivity index is 1.74. The van der Waals surface area contributed by atoms with E-state index >= 15 is 0 Å². The average Bonchev–Trinajstić information content (AvgIpc) is 2.39. The summed E-state index contributed by atoms with van der Waals surface area (Å²) < 4.78 is 5.71. The summed E-state index contributed by atoms with van der Waals surface area (Å²) in [7, 11) is 0. The molecule has 1 aromatic heterocycles. The van der Waals surface area contributed by atoms with E-state index in [0.717, 1.165) is 25.9 Å². The Bertz CT molecular complexity index is 434. The predicted octanol–water partition coefficient (Wildman–Crippen LogP) is 1.31. The molecule has 5 nitrogen and oxygen atoms in total. The fourth-order valence-corrected chi connectivity index (χ4v) is 2.39. The van der Waals surface area contributed by atoms with Crippen molar-refractivity contribution in [1.82, 2.24) is 9.88 Å². The van der Waals surface area contributed by atoms with Gasteiger partial charge in [0.2, 0.25) is 5.91 Å². The SMILES string of the molecule is NC(=O)CN1CCC(COc2ccncc2Cl)CC1. The molecule has 0 spiro atoms. The number of nitrogens with zero attached hydrogens (tertiary/aromatic N) is 2. The highest BCUT2D eigenvalue weighted by molar-refractivity contribution is 6.31. The Kier molecular flexibility index (Phi) is 4.99. The second-order valence-electron chi connectivity index (χ2n) is 4.80. The number of piperidine rings is 1. The first-order chi connectivity index (χ1) is 9.15. The number of carbonyl (C=O) groups excluding carboxylic acids is 1. The van der Waals surface area contributed by atoms with E-state index in [1.54, 1.807) is 18.5 Å². The van der Waals surface area contributed by atoms with Crippen molar-refractivity contribution < 1.29 is 9.53 Å². The lowest BCUT2D eigenvalue weighted by Crippen LogP contribution is -2.40. The number of halogens is 1. The Morgan fingerprint density at radius 2 is 2.26 bits per heavy atom. The standard InChI is InChI=1S/C13H18ClN3O2/c14-11-7-16-4-1-12(11)19-9-10-2-5-17(6-3-10)8-13(15)18/h1,4,7,10H,2-3,5-6,8-9H2,(H2,15,18). The first-order valence-electron chi connectivity index (χ1n) is 6.38. The van der Waals surface area contributed by atoms with Crippen LogP contribution in [-0.4, -0.2) is 42.0 Å². The van der Waals surface area contributed by atoms with Crippen molar-refractivity contribution in [3.63, 3.8) is 0 Å². The highest BCUT2D eigenvalue weighted by Crippen LogP contribution is 2.24. The molecule has 2 N–H and O–H groups in total. The maximum absolute atomic E-state index is 10.8. The maximum Gasteiger partial charge on any atom is 0.231 e. The van der Waals surface area contributed by atoms with Crippen LogP contribution in [0.15, 0.2) is 18.5 Å². The topological polar surface area (TPSA) is 68.5 Å². The van der Waals surface area contributed by atoms with Crippen LogP contribution in [0.3, 0.4) is 0 Å². The van der Waals surface area contributed by atoms with Crippen LogP contribution >= 0.6 is 11.6 Å². The second kappa shape index (κ2) is 6.73. The highest BCUT2D eigenvalue weighted by Gasteiger charge is 2.20. The van der Waals surface area contributed by atoms with E-state index in [4.69, 9.17) is 22.1 Å². The molecule has 0 radical (unpaired) electrons. The number of nitrogens with two attached hydrogens (primary N) is 1. The molecule has 104 valence electrons. The van der Waals surface area contributed by atoms with Crippen LogP contribution in [0.2, 0.25) is 5.02 Å². The van der Waals surface area contributed by atoms with Crippen LogP contribution < -0.4 is 10.5 Å². The summed E-state index contributed by atoms with van der Waals surface area (Å²) in [4.78, 5) is 16.8. The number of aromatic nitrogens is 1. The fraction of sp³-hybridized carbons (Fsp3) is 0.538. The van der Waals surface area contributed by atoms with Gasteiger partial charge in [0.1, 0.15) is 10.8 Å². The van der Waals surface area contributed by atoms with Gasteiger partial charge < -0.3 is 10.5 Å². The number of likely N-dealkylation sites (tertiary alicyclic amines) is 1. The van der Waals surface area contributed by atoms with Gasteiger partial charge >= 0.3 is 0 Å². The molecule has 0 unspecified atom stereocenters. The van der Waals surface area contributed by atoms with Gasteiger partial charge in [0, 0.05) is 18.5 Å². The van der Waals surface area contributed by atoms with Crippen molar-refractivity contribution in [2.75, 3.05) is 26.2 Å². The molecular formula is C13H18ClN3O2. The number of hydrogen-bond acceptors (Lipinski definition) is 4. The van der Waals surface area contributed by atoms with Gasteiger partial charge in [-0.1, -0.05) is 11.6 Å². The second-order valence-corrected chi connectivity index (χ2v) is 5.21. The lowest BCUT2D eigenvalue weighted by molar-refractivity contribution is -0.119. The minimum atomic E-state index is -0.265. The van der Waals surface area contributed by atoms with Crippen LogP contribution in [-0.2, 0) is 4.79 Å². The van der Waals surface area contributed by atoms with Crippen LogP contribution in [0.25, 0.3) is 0 Å². The molecule has 0 aliphatic carbocycles. The molecule has 1 aliphatic heterocycles. The molecular weight excluding hydrogens is 266 g/mol. The Labute approximate surface area is 117 Å². The van der Waals surface area contributed by atoms with Crippen LogP contribution in [0.4, 0.5) is 0 Å². The molecule has 2 heterocycles. The van der Waals surface area contributed by atoms with E-state index in [0.29, 0.717) is 29.8 Å². The quantitative estimate of drug-likeness (QED) is 0.885. The number of amides is 1. The number of carbonyl (C=O) groups is 1. The van der Waals surface area contributed by atoms with Gasteiger partial charge in [-0.05, 0) is 31.8 Å². The van der Waals surface area contributed by atoms with Crippen molar-refractivity contribution in [2.24, 2.45) is 11.7 Å². The number of primary amides is 1. The lowest BCUT2D eigenvalue weighted by Gasteiger charge is -2.30. The fourth-order valence-electron chi connectivity index (χ4n) is 2.22. The first-order valence-corrected chi connectivity index (χ1v) is 6.76. The molecule has 6 heteroatoms. The third-order valence-corrected chi connectivity index (χ3v) is 3.58.